The molecule has 2 aliphatic rings. The molecule has 0 atom stereocenters. The van der Waals surface area contributed by atoms with Crippen molar-refractivity contribution in [2.45, 2.75) is 19.3 Å². The van der Waals surface area contributed by atoms with Crippen LogP contribution in [0.5, 0.6) is 0 Å². The summed E-state index contributed by atoms with van der Waals surface area (Å²) in [6.07, 6.45) is 2.47. The molecule has 0 N–H and O–H groups in total. The van der Waals surface area contributed by atoms with Crippen molar-refractivity contribution in [3.8, 4) is 0 Å². The lowest BCUT2D eigenvalue weighted by atomic mass is 10.0. The first-order chi connectivity index (χ1) is 13.6. The summed E-state index contributed by atoms with van der Waals surface area (Å²) in [7, 11) is 0. The van der Waals surface area contributed by atoms with E-state index in [1.807, 2.05) is 29.2 Å². The number of fused-ring (bicyclic) bond motifs is 1. The van der Waals surface area contributed by atoms with Gasteiger partial charge in [0.05, 0.1) is 15.7 Å². The number of carbonyl (C=O) groups excluding carboxylic acids is 1. The van der Waals surface area contributed by atoms with Crippen molar-refractivity contribution in [3.63, 3.8) is 0 Å². The lowest BCUT2D eigenvalue weighted by Crippen LogP contribution is -2.47. The number of piperazine rings is 1. The van der Waals surface area contributed by atoms with Crippen molar-refractivity contribution in [2.24, 2.45) is 0 Å². The molecule has 0 radical (unpaired) electrons. The molecule has 0 saturated carbocycles. The van der Waals surface area contributed by atoms with E-state index in [9.17, 15) is 4.79 Å². The monoisotopic (exact) mass is 417 g/mol. The summed E-state index contributed by atoms with van der Waals surface area (Å²) in [5.41, 5.74) is 3.40. The fourth-order valence-electron chi connectivity index (χ4n) is 4.14. The smallest absolute Gasteiger partial charge is 0.227 e. The summed E-state index contributed by atoms with van der Waals surface area (Å²) >= 11 is 12.5. The average molecular weight is 418 g/mol. The second-order valence-corrected chi connectivity index (χ2v) is 8.21. The number of amides is 1. The van der Waals surface area contributed by atoms with E-state index >= 15 is 0 Å². The maximum atomic E-state index is 12.4. The van der Waals surface area contributed by atoms with Crippen LogP contribution in [0.3, 0.4) is 0 Å². The summed E-state index contributed by atoms with van der Waals surface area (Å²) in [4.78, 5) is 19.1. The van der Waals surface area contributed by atoms with Crippen LogP contribution in [-0.4, -0.2) is 50.1 Å². The first-order valence-electron chi connectivity index (χ1n) is 9.93. The Labute approximate surface area is 176 Å². The van der Waals surface area contributed by atoms with Crippen molar-refractivity contribution in [1.82, 2.24) is 4.90 Å². The molecule has 1 fully saturated rings. The maximum Gasteiger partial charge on any atom is 0.227 e. The number of nitrogens with zero attached hydrogens (tertiary/aromatic N) is 3. The van der Waals surface area contributed by atoms with E-state index in [0.717, 1.165) is 63.5 Å². The Morgan fingerprint density at radius 1 is 0.821 bits per heavy atom. The zero-order chi connectivity index (χ0) is 19.5. The molecule has 2 aromatic carbocycles. The maximum absolute atomic E-state index is 12.4. The van der Waals surface area contributed by atoms with Gasteiger partial charge in [-0.2, -0.15) is 0 Å². The van der Waals surface area contributed by atoms with Crippen LogP contribution in [0.4, 0.5) is 11.4 Å². The number of para-hydroxylation sites is 1. The molecule has 4 rings (SSSR count). The molecule has 2 aliphatic heterocycles. The van der Waals surface area contributed by atoms with Gasteiger partial charge in [-0.25, -0.2) is 0 Å². The van der Waals surface area contributed by atoms with Crippen molar-refractivity contribution in [3.05, 3.63) is 58.1 Å². The van der Waals surface area contributed by atoms with E-state index in [1.54, 1.807) is 0 Å². The third-order valence-electron chi connectivity index (χ3n) is 5.69. The van der Waals surface area contributed by atoms with E-state index in [1.165, 1.54) is 5.56 Å². The predicted molar refractivity (Wildman–Crippen MR) is 117 cm³/mol. The minimum absolute atomic E-state index is 0.249. The van der Waals surface area contributed by atoms with Gasteiger partial charge in [0.15, 0.2) is 0 Å². The van der Waals surface area contributed by atoms with Crippen LogP contribution >= 0.6 is 23.2 Å². The minimum Gasteiger partial charge on any atom is -0.368 e. The zero-order valence-electron chi connectivity index (χ0n) is 15.9. The quantitative estimate of drug-likeness (QED) is 0.716. The summed E-state index contributed by atoms with van der Waals surface area (Å²) in [5, 5.41) is 1.24. The molecule has 1 saturated heterocycles. The van der Waals surface area contributed by atoms with Crippen LogP contribution in [0.2, 0.25) is 10.0 Å². The van der Waals surface area contributed by atoms with Crippen LogP contribution in [0.15, 0.2) is 42.5 Å². The van der Waals surface area contributed by atoms with Crippen LogP contribution in [0.25, 0.3) is 0 Å². The van der Waals surface area contributed by atoms with E-state index < -0.39 is 0 Å². The highest BCUT2D eigenvalue weighted by molar-refractivity contribution is 6.43. The number of aryl methyl sites for hydroxylation is 1. The highest BCUT2D eigenvalue weighted by Crippen LogP contribution is 2.33. The number of benzene rings is 2. The van der Waals surface area contributed by atoms with E-state index in [0.29, 0.717) is 16.5 Å². The summed E-state index contributed by atoms with van der Waals surface area (Å²) < 4.78 is 0. The fraction of sp³-hybridized carbons (Fsp3) is 0.409. The normalized spacial score (nSPS) is 17.7. The Kier molecular flexibility index (Phi) is 6.10. The molecule has 148 valence electrons. The van der Waals surface area contributed by atoms with E-state index in [2.05, 4.69) is 28.0 Å². The van der Waals surface area contributed by atoms with Gasteiger partial charge in [0.2, 0.25) is 5.91 Å². The molecule has 0 aliphatic carbocycles. The van der Waals surface area contributed by atoms with Gasteiger partial charge in [0, 0.05) is 44.8 Å². The van der Waals surface area contributed by atoms with Crippen molar-refractivity contribution in [2.75, 3.05) is 49.1 Å². The van der Waals surface area contributed by atoms with Gasteiger partial charge in [0.25, 0.3) is 0 Å². The van der Waals surface area contributed by atoms with E-state index in [-0.39, 0.29) is 5.91 Å². The number of halogens is 2. The Morgan fingerprint density at radius 2 is 1.57 bits per heavy atom. The van der Waals surface area contributed by atoms with Crippen LogP contribution in [-0.2, 0) is 11.2 Å². The molecule has 4 nitrogen and oxygen atoms in total. The molecule has 0 unspecified atom stereocenters. The van der Waals surface area contributed by atoms with Crippen LogP contribution in [0.1, 0.15) is 18.4 Å². The molecule has 0 bridgehead atoms. The molecule has 28 heavy (non-hydrogen) atoms. The third-order valence-corrected chi connectivity index (χ3v) is 6.50. The molecule has 0 aromatic heterocycles. The summed E-state index contributed by atoms with van der Waals surface area (Å²) in [5.74, 6) is 0.249. The number of rotatable bonds is 5. The summed E-state index contributed by atoms with van der Waals surface area (Å²) in [6, 6.07) is 14.1. The first kappa shape index (κ1) is 19.6. The Morgan fingerprint density at radius 3 is 2.39 bits per heavy atom. The molecular formula is C22H25Cl2N3O. The molecule has 1 amide bonds. The second kappa shape index (κ2) is 8.73. The second-order valence-electron chi connectivity index (χ2n) is 7.43. The van der Waals surface area contributed by atoms with E-state index in [4.69, 9.17) is 23.2 Å². The van der Waals surface area contributed by atoms with Gasteiger partial charge >= 0.3 is 0 Å². The molecule has 6 heteroatoms. The SMILES string of the molecule is O=C1CCc2ccccc2N1CCCN1CCN(c2cccc(Cl)c2Cl)CC1. The molecular weight excluding hydrogens is 393 g/mol. The van der Waals surface area contributed by atoms with Gasteiger partial charge in [-0.1, -0.05) is 47.5 Å². The largest absolute Gasteiger partial charge is 0.368 e. The first-order valence-corrected chi connectivity index (χ1v) is 10.7. The highest BCUT2D eigenvalue weighted by atomic mass is 35.5. The number of hydrogen-bond acceptors (Lipinski definition) is 3. The van der Waals surface area contributed by atoms with Crippen molar-refractivity contribution < 1.29 is 4.79 Å². The fourth-order valence-corrected chi connectivity index (χ4v) is 4.56. The lowest BCUT2D eigenvalue weighted by Gasteiger charge is -2.37. The topological polar surface area (TPSA) is 26.8 Å². The third kappa shape index (κ3) is 4.14. The average Bonchev–Trinajstić information content (AvgIpc) is 2.72. The molecule has 2 heterocycles. The number of carbonyl (C=O) groups is 1. The minimum atomic E-state index is 0.249. The Bertz CT molecular complexity index is 849. The number of anilines is 2. The van der Waals surface area contributed by atoms with Gasteiger partial charge < -0.3 is 9.80 Å². The molecule has 0 spiro atoms. The Balaban J connectivity index is 1.28. The molecule has 2 aromatic rings. The Hall–Kier alpha value is -1.75. The van der Waals surface area contributed by atoms with Gasteiger partial charge in [0.1, 0.15) is 0 Å². The standard InChI is InChI=1S/C22H25Cl2N3O/c23-18-6-3-8-20(22(18)24)26-15-13-25(14-16-26)11-4-12-27-19-7-2-1-5-17(19)9-10-21(27)28/h1-3,5-8H,4,9-16H2. The van der Waals surface area contributed by atoms with Gasteiger partial charge in [-0.15, -0.1) is 0 Å². The zero-order valence-corrected chi connectivity index (χ0v) is 17.4. The lowest BCUT2D eigenvalue weighted by molar-refractivity contribution is -0.118. The van der Waals surface area contributed by atoms with Gasteiger partial charge in [-0.05, 0) is 43.1 Å². The van der Waals surface area contributed by atoms with Crippen LogP contribution in [0, 0.1) is 0 Å². The van der Waals surface area contributed by atoms with Crippen molar-refractivity contribution >= 4 is 40.5 Å². The van der Waals surface area contributed by atoms with Crippen molar-refractivity contribution in [1.29, 1.82) is 0 Å². The number of hydrogen-bond donors (Lipinski definition) is 0. The van der Waals surface area contributed by atoms with Crippen LogP contribution < -0.4 is 9.80 Å². The predicted octanol–water partition coefficient (Wildman–Crippen LogP) is 4.48. The highest BCUT2D eigenvalue weighted by Gasteiger charge is 2.24. The van der Waals surface area contributed by atoms with Gasteiger partial charge in [-0.3, -0.25) is 9.69 Å². The summed E-state index contributed by atoms with van der Waals surface area (Å²) in [6.45, 7) is 5.65.